The van der Waals surface area contributed by atoms with E-state index < -0.39 is 0 Å². The number of hydrogen-bond acceptors (Lipinski definition) is 7. The average molecular weight is 471 g/mol. The Morgan fingerprint density at radius 3 is 2.89 bits per heavy atom. The van der Waals surface area contributed by atoms with Gasteiger partial charge in [-0.1, -0.05) is 6.07 Å². The van der Waals surface area contributed by atoms with E-state index in [1.165, 1.54) is 6.07 Å². The number of nitrogens with two attached hydrogens (primary N) is 1. The highest BCUT2D eigenvalue weighted by Gasteiger charge is 2.46. The van der Waals surface area contributed by atoms with Crippen molar-refractivity contribution < 1.29 is 4.39 Å². The fourth-order valence-electron chi connectivity index (χ4n) is 6.25. The molecule has 3 N–H and O–H groups in total. The number of nitrogens with one attached hydrogen (secondary N) is 1. The predicted octanol–water partition coefficient (Wildman–Crippen LogP) is 3.81. The Morgan fingerprint density at radius 1 is 1.11 bits per heavy atom. The monoisotopic (exact) mass is 470 g/mol. The van der Waals surface area contributed by atoms with Crippen molar-refractivity contribution in [2.24, 2.45) is 11.1 Å². The largest absolute Gasteiger partial charge is 0.355 e. The normalized spacial score (nSPS) is 20.9. The minimum atomic E-state index is -0.183. The van der Waals surface area contributed by atoms with E-state index in [-0.39, 0.29) is 17.3 Å². The van der Waals surface area contributed by atoms with Crippen molar-refractivity contribution in [1.29, 1.82) is 0 Å². The molecule has 0 bridgehead atoms. The summed E-state index contributed by atoms with van der Waals surface area (Å²) in [6.45, 7) is 2.57. The molecule has 3 aliphatic rings. The maximum Gasteiger partial charge on any atom is 0.183 e. The van der Waals surface area contributed by atoms with Gasteiger partial charge in [0.15, 0.2) is 17.0 Å². The van der Waals surface area contributed by atoms with Crippen LogP contribution in [0.1, 0.15) is 42.1 Å². The minimum absolute atomic E-state index is 0.0129. The lowest BCUT2D eigenvalue weighted by Gasteiger charge is -2.42. The van der Waals surface area contributed by atoms with Crippen LogP contribution in [0.25, 0.3) is 11.2 Å². The van der Waals surface area contributed by atoms with Crippen molar-refractivity contribution in [3.05, 3.63) is 65.4 Å². The molecule has 0 radical (unpaired) electrons. The van der Waals surface area contributed by atoms with Crippen LogP contribution < -0.4 is 15.5 Å². The van der Waals surface area contributed by atoms with E-state index in [1.54, 1.807) is 6.07 Å². The smallest absolute Gasteiger partial charge is 0.183 e. The lowest BCUT2D eigenvalue weighted by atomic mass is 9.73. The van der Waals surface area contributed by atoms with Gasteiger partial charge < -0.3 is 15.5 Å². The van der Waals surface area contributed by atoms with E-state index in [0.29, 0.717) is 5.65 Å². The third kappa shape index (κ3) is 3.21. The molecule has 3 aromatic heterocycles. The van der Waals surface area contributed by atoms with E-state index in [4.69, 9.17) is 15.7 Å². The minimum Gasteiger partial charge on any atom is -0.355 e. The number of piperidine rings is 1. The zero-order chi connectivity index (χ0) is 23.6. The Balaban J connectivity index is 1.12. The Hall–Kier alpha value is -3.59. The summed E-state index contributed by atoms with van der Waals surface area (Å²) in [4.78, 5) is 18.7. The Kier molecular flexibility index (Phi) is 4.57. The van der Waals surface area contributed by atoms with Crippen molar-refractivity contribution in [2.45, 2.75) is 38.1 Å². The summed E-state index contributed by atoms with van der Waals surface area (Å²) in [5, 5.41) is 7.69. The highest BCUT2D eigenvalue weighted by atomic mass is 19.1. The molecule has 8 nitrogen and oxygen atoms in total. The summed E-state index contributed by atoms with van der Waals surface area (Å²) in [6.07, 6.45) is 8.42. The first kappa shape index (κ1) is 20.8. The Labute approximate surface area is 202 Å². The van der Waals surface area contributed by atoms with Crippen LogP contribution in [0.15, 0.2) is 42.7 Å². The molecule has 7 rings (SSSR count). The first-order valence-electron chi connectivity index (χ1n) is 12.3. The fourth-order valence-corrected chi connectivity index (χ4v) is 6.25. The zero-order valence-electron chi connectivity index (χ0n) is 19.4. The summed E-state index contributed by atoms with van der Waals surface area (Å²) in [5.41, 5.74) is 12.5. The topological polar surface area (TPSA) is 99.9 Å². The number of hydrogen-bond donors (Lipinski definition) is 2. The molecule has 1 spiro atoms. The van der Waals surface area contributed by atoms with Crippen molar-refractivity contribution in [3.63, 3.8) is 0 Å². The Morgan fingerprint density at radius 2 is 2.00 bits per heavy atom. The summed E-state index contributed by atoms with van der Waals surface area (Å²) < 4.78 is 13.8. The van der Waals surface area contributed by atoms with E-state index >= 15 is 0 Å². The number of H-pyrrole nitrogens is 1. The molecule has 0 saturated carbocycles. The number of nitrogens with zero attached hydrogens (tertiary/aromatic N) is 6. The number of aromatic amines is 1. The number of fused-ring (bicyclic) bond motifs is 3. The molecule has 0 unspecified atom stereocenters. The SMILES string of the molecule is N[C@@H]1c2ccc(F)cc2CC12CCN(c1cnc3c(N4CCCc5ncccc54)n[nH]c3n1)CC2. The van der Waals surface area contributed by atoms with Crippen LogP contribution in [-0.4, -0.2) is 44.8 Å². The fraction of sp³-hybridized carbons (Fsp3) is 0.385. The van der Waals surface area contributed by atoms with E-state index in [1.807, 2.05) is 24.5 Å². The van der Waals surface area contributed by atoms with Crippen molar-refractivity contribution in [3.8, 4) is 0 Å². The van der Waals surface area contributed by atoms with Gasteiger partial charge in [-0.25, -0.2) is 14.4 Å². The second-order valence-corrected chi connectivity index (χ2v) is 10.0. The van der Waals surface area contributed by atoms with E-state index in [9.17, 15) is 4.39 Å². The van der Waals surface area contributed by atoms with Crippen LogP contribution in [0.2, 0.25) is 0 Å². The number of anilines is 3. The van der Waals surface area contributed by atoms with Crippen LogP contribution in [0.3, 0.4) is 0 Å². The number of pyridine rings is 1. The maximum atomic E-state index is 13.8. The Bertz CT molecular complexity index is 1420. The molecule has 1 aliphatic carbocycles. The van der Waals surface area contributed by atoms with Crippen molar-refractivity contribution >= 4 is 28.5 Å². The molecule has 178 valence electrons. The molecule has 1 aromatic carbocycles. The van der Waals surface area contributed by atoms with Gasteiger partial charge in [-0.15, -0.1) is 0 Å². The van der Waals surface area contributed by atoms with Gasteiger partial charge in [-0.3, -0.25) is 10.1 Å². The highest BCUT2D eigenvalue weighted by Crippen LogP contribution is 2.51. The summed E-state index contributed by atoms with van der Waals surface area (Å²) in [6, 6.07) is 9.05. The first-order valence-corrected chi connectivity index (χ1v) is 12.3. The maximum absolute atomic E-state index is 13.8. The molecular formula is C26H27FN8. The first-order chi connectivity index (χ1) is 17.1. The lowest BCUT2D eigenvalue weighted by Crippen LogP contribution is -2.44. The van der Waals surface area contributed by atoms with Crippen LogP contribution in [-0.2, 0) is 12.8 Å². The van der Waals surface area contributed by atoms with Crippen LogP contribution >= 0.6 is 0 Å². The summed E-state index contributed by atoms with van der Waals surface area (Å²) >= 11 is 0. The molecule has 4 aromatic rings. The quantitative estimate of drug-likeness (QED) is 0.459. The lowest BCUT2D eigenvalue weighted by molar-refractivity contribution is 0.187. The summed E-state index contributed by atoms with van der Waals surface area (Å²) in [5.74, 6) is 1.46. The standard InChI is InChI=1S/C26H27FN8/c27-17-5-6-18-16(13-17)14-26(23(18)28)7-11-34(12-8-26)21-15-30-22-24(31-21)32-33-25(22)35-10-2-3-19-20(35)4-1-9-29-19/h1,4-6,9,13,15,23H,2-3,7-8,10-12,14,28H2,(H,31,32,33)/t23-/m1/s1. The van der Waals surface area contributed by atoms with Gasteiger partial charge in [0.05, 0.1) is 17.6 Å². The number of halogens is 1. The van der Waals surface area contributed by atoms with Gasteiger partial charge in [0.1, 0.15) is 11.6 Å². The number of aromatic nitrogens is 5. The van der Waals surface area contributed by atoms with Gasteiger partial charge in [0.25, 0.3) is 0 Å². The van der Waals surface area contributed by atoms with Crippen LogP contribution in [0.4, 0.5) is 21.7 Å². The molecule has 0 amide bonds. The number of rotatable bonds is 2. The van der Waals surface area contributed by atoms with Crippen molar-refractivity contribution in [2.75, 3.05) is 29.4 Å². The van der Waals surface area contributed by atoms with Crippen molar-refractivity contribution in [1.82, 2.24) is 25.1 Å². The molecule has 1 saturated heterocycles. The van der Waals surface area contributed by atoms with Gasteiger partial charge >= 0.3 is 0 Å². The molecule has 9 heteroatoms. The number of aryl methyl sites for hydroxylation is 1. The average Bonchev–Trinajstić information content (AvgIpc) is 3.42. The van der Waals surface area contributed by atoms with Crippen LogP contribution in [0, 0.1) is 11.2 Å². The molecule has 1 atom stereocenters. The second-order valence-electron chi connectivity index (χ2n) is 10.0. The van der Waals surface area contributed by atoms with Crippen LogP contribution in [0.5, 0.6) is 0 Å². The summed E-state index contributed by atoms with van der Waals surface area (Å²) in [7, 11) is 0. The van der Waals surface area contributed by atoms with Gasteiger partial charge in [0, 0.05) is 31.9 Å². The highest BCUT2D eigenvalue weighted by molar-refractivity contribution is 5.87. The molecule has 2 aliphatic heterocycles. The zero-order valence-corrected chi connectivity index (χ0v) is 19.4. The van der Waals surface area contributed by atoms with E-state index in [2.05, 4.69) is 31.0 Å². The van der Waals surface area contributed by atoms with Gasteiger partial charge in [-0.05, 0) is 72.9 Å². The molecule has 35 heavy (non-hydrogen) atoms. The third-order valence-electron chi connectivity index (χ3n) is 8.17. The van der Waals surface area contributed by atoms with Gasteiger partial charge in [0.2, 0.25) is 0 Å². The third-order valence-corrected chi connectivity index (χ3v) is 8.17. The molecule has 5 heterocycles. The number of benzene rings is 1. The predicted molar refractivity (Wildman–Crippen MR) is 132 cm³/mol. The second kappa shape index (κ2) is 7.71. The molecule has 1 fully saturated rings. The van der Waals surface area contributed by atoms with E-state index in [0.717, 1.165) is 91.4 Å². The van der Waals surface area contributed by atoms with Gasteiger partial charge in [-0.2, -0.15) is 5.10 Å². The molecular weight excluding hydrogens is 443 g/mol.